The number of nitrogens with zero attached hydrogens (tertiary/aromatic N) is 3. The lowest BCUT2D eigenvalue weighted by Gasteiger charge is -2.08. The van der Waals surface area contributed by atoms with Crippen LogP contribution in [0.4, 0.5) is 5.69 Å². The number of nitrogens with one attached hydrogen (secondary N) is 1. The molecule has 7 nitrogen and oxygen atoms in total. The molecular weight excluding hydrogens is 471 g/mol. The zero-order valence-corrected chi connectivity index (χ0v) is 19.9. The van der Waals surface area contributed by atoms with Crippen LogP contribution in [0.25, 0.3) is 0 Å². The highest BCUT2D eigenvalue weighted by Crippen LogP contribution is 2.27. The van der Waals surface area contributed by atoms with E-state index in [9.17, 15) is 9.59 Å². The summed E-state index contributed by atoms with van der Waals surface area (Å²) in [7, 11) is 1.86. The number of hydrogen-bond donors (Lipinski definition) is 1. The van der Waals surface area contributed by atoms with Crippen LogP contribution in [0.3, 0.4) is 0 Å². The Bertz CT molecular complexity index is 1120. The van der Waals surface area contributed by atoms with E-state index in [-0.39, 0.29) is 17.4 Å². The number of ether oxygens (including phenoxy) is 1. The normalized spacial score (nSPS) is 10.8. The topological polar surface area (TPSA) is 86.1 Å². The van der Waals surface area contributed by atoms with Gasteiger partial charge in [-0.2, -0.15) is 0 Å². The maximum Gasteiger partial charge on any atom is 0.234 e. The van der Waals surface area contributed by atoms with E-state index in [1.54, 1.807) is 42.5 Å². The second kappa shape index (κ2) is 11.4. The number of halogens is 2. The molecular formula is C22H22Cl2N4O3S. The summed E-state index contributed by atoms with van der Waals surface area (Å²) in [5.41, 5.74) is 1.14. The number of benzene rings is 2. The highest BCUT2D eigenvalue weighted by atomic mass is 35.5. The Kier molecular flexibility index (Phi) is 8.55. The molecule has 2 aromatic carbocycles. The van der Waals surface area contributed by atoms with Crippen molar-refractivity contribution in [2.24, 2.45) is 7.05 Å². The molecule has 1 heterocycles. The molecule has 168 valence electrons. The summed E-state index contributed by atoms with van der Waals surface area (Å²) in [5.74, 6) is 1.32. The lowest BCUT2D eigenvalue weighted by atomic mass is 10.1. The van der Waals surface area contributed by atoms with Gasteiger partial charge in [0.1, 0.15) is 11.6 Å². The minimum absolute atomic E-state index is 0.0521. The molecule has 10 heteroatoms. The molecule has 0 aliphatic heterocycles. The molecule has 0 saturated carbocycles. The molecule has 0 bridgehead atoms. The monoisotopic (exact) mass is 492 g/mol. The molecule has 0 radical (unpaired) electrons. The molecule has 0 unspecified atom stereocenters. The third-order valence-electron chi connectivity index (χ3n) is 4.51. The van der Waals surface area contributed by atoms with E-state index < -0.39 is 0 Å². The first-order valence-corrected chi connectivity index (χ1v) is 11.6. The molecule has 3 aromatic rings. The van der Waals surface area contributed by atoms with Crippen LogP contribution in [0.15, 0.2) is 47.6 Å². The van der Waals surface area contributed by atoms with Gasteiger partial charge < -0.3 is 14.6 Å². The molecule has 0 aliphatic carbocycles. The zero-order chi connectivity index (χ0) is 23.1. The number of carbonyl (C=O) groups is 2. The van der Waals surface area contributed by atoms with Gasteiger partial charge in [-0.05, 0) is 43.7 Å². The number of amides is 1. The number of rotatable bonds is 10. The number of aromatic nitrogens is 3. The Hall–Kier alpha value is -2.55. The highest BCUT2D eigenvalue weighted by molar-refractivity contribution is 7.99. The molecule has 1 aromatic heterocycles. The van der Waals surface area contributed by atoms with E-state index in [4.69, 9.17) is 27.9 Å². The van der Waals surface area contributed by atoms with Gasteiger partial charge in [-0.15, -0.1) is 10.2 Å². The molecule has 3 rings (SSSR count). The smallest absolute Gasteiger partial charge is 0.234 e. The van der Waals surface area contributed by atoms with Crippen molar-refractivity contribution in [3.8, 4) is 5.75 Å². The maximum absolute atomic E-state index is 12.3. The lowest BCUT2D eigenvalue weighted by molar-refractivity contribution is -0.113. The van der Waals surface area contributed by atoms with Gasteiger partial charge in [0.2, 0.25) is 5.91 Å². The van der Waals surface area contributed by atoms with Gasteiger partial charge in [0.25, 0.3) is 0 Å². The van der Waals surface area contributed by atoms with Crippen molar-refractivity contribution in [2.75, 3.05) is 17.7 Å². The summed E-state index contributed by atoms with van der Waals surface area (Å²) < 4.78 is 7.56. The number of aryl methyl sites for hydroxylation is 1. The van der Waals surface area contributed by atoms with E-state index in [1.165, 1.54) is 18.7 Å². The predicted molar refractivity (Wildman–Crippen MR) is 127 cm³/mol. The third kappa shape index (κ3) is 6.72. The van der Waals surface area contributed by atoms with E-state index >= 15 is 0 Å². The fourth-order valence-corrected chi connectivity index (χ4v) is 4.03. The van der Waals surface area contributed by atoms with Crippen LogP contribution in [0, 0.1) is 0 Å². The first-order valence-electron chi connectivity index (χ1n) is 9.83. The van der Waals surface area contributed by atoms with Crippen LogP contribution in [0.2, 0.25) is 10.0 Å². The number of Topliss-reactive ketones (excluding diaryl/α,β-unsaturated/α-hetero) is 1. The number of ketones is 1. The zero-order valence-electron chi connectivity index (χ0n) is 17.6. The van der Waals surface area contributed by atoms with Crippen LogP contribution in [0.1, 0.15) is 29.5 Å². The van der Waals surface area contributed by atoms with Gasteiger partial charge >= 0.3 is 0 Å². The van der Waals surface area contributed by atoms with Crippen molar-refractivity contribution in [2.45, 2.75) is 24.9 Å². The minimum atomic E-state index is -0.187. The second-order valence-corrected chi connectivity index (χ2v) is 8.74. The summed E-state index contributed by atoms with van der Waals surface area (Å²) in [4.78, 5) is 23.7. The summed E-state index contributed by atoms with van der Waals surface area (Å²) in [5, 5.41) is 12.8. The lowest BCUT2D eigenvalue weighted by Crippen LogP contribution is -2.15. The van der Waals surface area contributed by atoms with Crippen LogP contribution < -0.4 is 10.1 Å². The van der Waals surface area contributed by atoms with Crippen molar-refractivity contribution >= 4 is 52.3 Å². The Morgan fingerprint density at radius 1 is 1.16 bits per heavy atom. The highest BCUT2D eigenvalue weighted by Gasteiger charge is 2.12. The summed E-state index contributed by atoms with van der Waals surface area (Å²) in [6, 6.07) is 12.0. The van der Waals surface area contributed by atoms with Gasteiger partial charge in [-0.3, -0.25) is 9.59 Å². The largest absolute Gasteiger partial charge is 0.492 e. The van der Waals surface area contributed by atoms with Gasteiger partial charge in [-0.1, -0.05) is 47.1 Å². The molecule has 1 amide bonds. The van der Waals surface area contributed by atoms with E-state index in [0.29, 0.717) is 45.2 Å². The summed E-state index contributed by atoms with van der Waals surface area (Å²) in [6.07, 6.45) is 1.39. The number of carbonyl (C=O) groups excluding carboxylic acids is 2. The molecule has 0 aliphatic rings. The summed E-state index contributed by atoms with van der Waals surface area (Å²) in [6.45, 7) is 1.96. The first kappa shape index (κ1) is 24.1. The maximum atomic E-state index is 12.3. The van der Waals surface area contributed by atoms with E-state index in [2.05, 4.69) is 15.5 Å². The molecule has 0 atom stereocenters. The van der Waals surface area contributed by atoms with Gasteiger partial charge in [0.05, 0.1) is 17.4 Å². The van der Waals surface area contributed by atoms with E-state index in [0.717, 1.165) is 12.2 Å². The van der Waals surface area contributed by atoms with Crippen LogP contribution in [0.5, 0.6) is 5.75 Å². The average molecular weight is 493 g/mol. The van der Waals surface area contributed by atoms with Crippen molar-refractivity contribution in [3.05, 3.63) is 63.9 Å². The average Bonchev–Trinajstić information content (AvgIpc) is 3.10. The quantitative estimate of drug-likeness (QED) is 0.241. The second-order valence-electron chi connectivity index (χ2n) is 6.96. The number of anilines is 1. The number of hydrogen-bond acceptors (Lipinski definition) is 6. The SMILES string of the molecule is CC(=O)c1cccc(NC(=O)CSc2nnc(CCCOc3ccc(Cl)cc3Cl)n2C)c1. The third-order valence-corrected chi connectivity index (χ3v) is 6.06. The summed E-state index contributed by atoms with van der Waals surface area (Å²) >= 11 is 13.3. The standard InChI is InChI=1S/C22H22Cl2N4O3S/c1-14(29)15-5-3-6-17(11-15)25-21(30)13-32-22-27-26-20(28(22)2)7-4-10-31-19-9-8-16(23)12-18(19)24/h3,5-6,8-9,11-12H,4,7,10,13H2,1-2H3,(H,25,30). The number of thioether (sulfide) groups is 1. The Labute approximate surface area is 200 Å². The van der Waals surface area contributed by atoms with Crippen molar-refractivity contribution in [1.82, 2.24) is 14.8 Å². The molecule has 32 heavy (non-hydrogen) atoms. The van der Waals surface area contributed by atoms with E-state index in [1.807, 2.05) is 11.6 Å². The van der Waals surface area contributed by atoms with Gasteiger partial charge in [-0.25, -0.2) is 0 Å². The van der Waals surface area contributed by atoms with Gasteiger partial charge in [0, 0.05) is 29.7 Å². The molecule has 1 N–H and O–H groups in total. The van der Waals surface area contributed by atoms with Crippen LogP contribution >= 0.6 is 35.0 Å². The first-order chi connectivity index (χ1) is 15.3. The van der Waals surface area contributed by atoms with Crippen LogP contribution in [-0.2, 0) is 18.3 Å². The fraction of sp³-hybridized carbons (Fsp3) is 0.273. The van der Waals surface area contributed by atoms with Crippen LogP contribution in [-0.4, -0.2) is 38.8 Å². The van der Waals surface area contributed by atoms with Crippen molar-refractivity contribution < 1.29 is 14.3 Å². The predicted octanol–water partition coefficient (Wildman–Crippen LogP) is 5.07. The van der Waals surface area contributed by atoms with Gasteiger partial charge in [0.15, 0.2) is 10.9 Å². The molecule has 0 fully saturated rings. The Morgan fingerprint density at radius 2 is 1.97 bits per heavy atom. The van der Waals surface area contributed by atoms with Crippen molar-refractivity contribution in [1.29, 1.82) is 0 Å². The fourth-order valence-electron chi connectivity index (χ4n) is 2.84. The Balaban J connectivity index is 1.45. The minimum Gasteiger partial charge on any atom is -0.492 e. The van der Waals surface area contributed by atoms with Crippen molar-refractivity contribution in [3.63, 3.8) is 0 Å². The Morgan fingerprint density at radius 3 is 2.72 bits per heavy atom. The molecule has 0 saturated heterocycles. The molecule has 0 spiro atoms.